The van der Waals surface area contributed by atoms with Gasteiger partial charge in [0.1, 0.15) is 17.8 Å². The van der Waals surface area contributed by atoms with Crippen LogP contribution in [0.15, 0.2) is 10.5 Å². The van der Waals surface area contributed by atoms with Crippen LogP contribution in [0.2, 0.25) is 0 Å². The number of aliphatic hydroxyl groups is 1. The molecule has 0 spiro atoms. The van der Waals surface area contributed by atoms with E-state index in [1.807, 2.05) is 0 Å². The molecular formula is C17H22N6O11S2. The Hall–Kier alpha value is -3.55. The predicted molar refractivity (Wildman–Crippen MR) is 119 cm³/mol. The van der Waals surface area contributed by atoms with Gasteiger partial charge in [0.15, 0.2) is 10.8 Å². The van der Waals surface area contributed by atoms with Crippen LogP contribution in [0.5, 0.6) is 0 Å². The van der Waals surface area contributed by atoms with Gasteiger partial charge in [-0.15, -0.1) is 11.3 Å². The first-order valence-corrected chi connectivity index (χ1v) is 12.3. The monoisotopic (exact) mass is 550 g/mol. The molecule has 19 heteroatoms. The molecule has 2 fully saturated rings. The van der Waals surface area contributed by atoms with Crippen LogP contribution in [-0.4, -0.2) is 110 Å². The van der Waals surface area contributed by atoms with Crippen LogP contribution >= 0.6 is 11.3 Å². The van der Waals surface area contributed by atoms with Crippen LogP contribution in [0.3, 0.4) is 0 Å². The van der Waals surface area contributed by atoms with E-state index in [4.69, 9.17) is 15.3 Å². The molecule has 3 unspecified atom stereocenters. The molecule has 2 saturated heterocycles. The van der Waals surface area contributed by atoms with Crippen molar-refractivity contribution in [2.75, 3.05) is 25.4 Å². The summed E-state index contributed by atoms with van der Waals surface area (Å²) in [6.45, 7) is 1.20. The number of hydrogen-bond donors (Lipinski definition) is 5. The van der Waals surface area contributed by atoms with E-state index in [0.29, 0.717) is 0 Å². The fraction of sp³-hybridized carbons (Fsp3) is 0.529. The Balaban J connectivity index is 1.86. The van der Waals surface area contributed by atoms with Gasteiger partial charge >= 0.3 is 22.4 Å². The standard InChI is InChI=1S/C17H22N6O11S2/c1-17(2,14(27)28)34-21-10(8-6-35-15(18)19-8)12(25)20-11-9(23(13(11)26)36(30,31)32)4-22-3-7(5-24)33-16(22)29/h6-7,9,11,24H,3-5H2,1-2H3,(H2,18,19)(H,20,25)(H,27,28)(H,30,31,32). The zero-order chi connectivity index (χ0) is 27.0. The van der Waals surface area contributed by atoms with Gasteiger partial charge < -0.3 is 35.7 Å². The predicted octanol–water partition coefficient (Wildman–Crippen LogP) is -2.38. The van der Waals surface area contributed by atoms with Gasteiger partial charge in [-0.1, -0.05) is 5.16 Å². The minimum Gasteiger partial charge on any atom is -0.478 e. The summed E-state index contributed by atoms with van der Waals surface area (Å²) in [6, 6.07) is -3.01. The molecule has 1 aromatic rings. The van der Waals surface area contributed by atoms with Crippen molar-refractivity contribution < 1.29 is 51.9 Å². The fourth-order valence-corrected chi connectivity index (χ4v) is 4.61. The average molecular weight is 551 g/mol. The largest absolute Gasteiger partial charge is 0.478 e. The molecule has 3 amide bonds. The smallest absolute Gasteiger partial charge is 0.410 e. The van der Waals surface area contributed by atoms with Crippen molar-refractivity contribution in [2.24, 2.45) is 5.16 Å². The number of cyclic esters (lactones) is 1. The van der Waals surface area contributed by atoms with Gasteiger partial charge in [-0.05, 0) is 13.8 Å². The minimum atomic E-state index is -5.06. The third-order valence-corrected chi connectivity index (χ3v) is 6.75. The molecule has 0 saturated carbocycles. The van der Waals surface area contributed by atoms with Crippen molar-refractivity contribution in [3.05, 3.63) is 11.1 Å². The number of hydrogen-bond acceptors (Lipinski definition) is 13. The van der Waals surface area contributed by atoms with Crippen molar-refractivity contribution in [2.45, 2.75) is 37.6 Å². The third-order valence-electron chi connectivity index (χ3n) is 5.13. The van der Waals surface area contributed by atoms with Gasteiger partial charge in [0.05, 0.1) is 19.2 Å². The second-order valence-electron chi connectivity index (χ2n) is 8.14. The van der Waals surface area contributed by atoms with Gasteiger partial charge in [0, 0.05) is 11.9 Å². The molecule has 3 heterocycles. The van der Waals surface area contributed by atoms with E-state index in [9.17, 15) is 42.4 Å². The number of nitrogens with two attached hydrogens (primary N) is 1. The number of nitrogens with zero attached hydrogens (tertiary/aromatic N) is 4. The molecule has 17 nitrogen and oxygen atoms in total. The molecule has 36 heavy (non-hydrogen) atoms. The van der Waals surface area contributed by atoms with Crippen LogP contribution in [-0.2, 0) is 34.3 Å². The number of amides is 3. The zero-order valence-electron chi connectivity index (χ0n) is 18.7. The van der Waals surface area contributed by atoms with Crippen LogP contribution in [0.4, 0.5) is 9.93 Å². The number of aliphatic hydroxyl groups excluding tert-OH is 1. The molecule has 3 rings (SSSR count). The number of anilines is 1. The molecular weight excluding hydrogens is 528 g/mol. The van der Waals surface area contributed by atoms with Crippen molar-refractivity contribution in [1.29, 1.82) is 0 Å². The second-order valence-corrected chi connectivity index (χ2v) is 10.3. The summed E-state index contributed by atoms with van der Waals surface area (Å²) in [6.07, 6.45) is -1.79. The Morgan fingerprint density at radius 1 is 1.42 bits per heavy atom. The number of rotatable bonds is 10. The normalized spacial score (nSPS) is 22.8. The molecule has 0 aromatic carbocycles. The van der Waals surface area contributed by atoms with E-state index >= 15 is 0 Å². The number of aromatic nitrogens is 1. The van der Waals surface area contributed by atoms with Gasteiger partial charge in [-0.25, -0.2) is 18.9 Å². The molecule has 198 valence electrons. The lowest BCUT2D eigenvalue weighted by atomic mass is 9.97. The zero-order valence-corrected chi connectivity index (χ0v) is 20.4. The molecule has 2 aliphatic heterocycles. The molecule has 3 atom stereocenters. The van der Waals surface area contributed by atoms with E-state index in [-0.39, 0.29) is 21.7 Å². The Kier molecular flexibility index (Phi) is 7.39. The quantitative estimate of drug-likeness (QED) is 0.0884. The van der Waals surface area contributed by atoms with E-state index in [2.05, 4.69) is 15.5 Å². The first-order chi connectivity index (χ1) is 16.7. The number of carboxylic acids is 1. The fourth-order valence-electron chi connectivity index (χ4n) is 3.19. The molecule has 6 N–H and O–H groups in total. The van der Waals surface area contributed by atoms with Gasteiger partial charge in [-0.2, -0.15) is 8.42 Å². The van der Waals surface area contributed by atoms with Crippen LogP contribution in [0.1, 0.15) is 19.5 Å². The first kappa shape index (κ1) is 27.0. The Labute approximate surface area is 207 Å². The third kappa shape index (κ3) is 5.48. The Morgan fingerprint density at radius 2 is 2.08 bits per heavy atom. The number of thiazole rings is 1. The van der Waals surface area contributed by atoms with Crippen molar-refractivity contribution >= 4 is 56.4 Å². The minimum absolute atomic E-state index is 0.0316. The number of carboxylic acid groups (broad SMARTS) is 1. The lowest BCUT2D eigenvalue weighted by Crippen LogP contribution is -2.74. The lowest BCUT2D eigenvalue weighted by molar-refractivity contribution is -0.161. The van der Waals surface area contributed by atoms with Crippen LogP contribution in [0.25, 0.3) is 0 Å². The van der Waals surface area contributed by atoms with E-state index in [1.54, 1.807) is 0 Å². The summed E-state index contributed by atoms with van der Waals surface area (Å²) in [4.78, 5) is 58.7. The van der Waals surface area contributed by atoms with Gasteiger partial charge in [0.25, 0.3) is 11.8 Å². The molecule has 0 bridgehead atoms. The molecule has 0 radical (unpaired) electrons. The summed E-state index contributed by atoms with van der Waals surface area (Å²) < 4.78 is 37.9. The number of aliphatic carboxylic acids is 1. The highest BCUT2D eigenvalue weighted by Crippen LogP contribution is 2.26. The number of β-lactam (4-membered cyclic amide) rings is 1. The van der Waals surface area contributed by atoms with Gasteiger partial charge in [0.2, 0.25) is 5.60 Å². The maximum absolute atomic E-state index is 13.0. The maximum Gasteiger partial charge on any atom is 0.410 e. The molecule has 1 aromatic heterocycles. The Bertz CT molecular complexity index is 1210. The highest BCUT2D eigenvalue weighted by atomic mass is 32.2. The van der Waals surface area contributed by atoms with E-state index in [1.165, 1.54) is 5.38 Å². The van der Waals surface area contributed by atoms with Gasteiger partial charge in [-0.3, -0.25) is 14.1 Å². The van der Waals surface area contributed by atoms with E-state index < -0.39 is 76.8 Å². The maximum atomic E-state index is 13.0. The summed E-state index contributed by atoms with van der Waals surface area (Å²) >= 11 is 0.925. The number of carbonyl (C=O) groups excluding carboxylic acids is 3. The number of nitrogen functional groups attached to an aromatic ring is 1. The number of ether oxygens (including phenoxy) is 1. The van der Waals surface area contributed by atoms with Crippen molar-refractivity contribution in [3.63, 3.8) is 0 Å². The molecule has 0 aliphatic carbocycles. The number of carbonyl (C=O) groups is 4. The Morgan fingerprint density at radius 3 is 2.58 bits per heavy atom. The topological polar surface area (TPSA) is 251 Å². The van der Waals surface area contributed by atoms with Crippen LogP contribution < -0.4 is 11.1 Å². The van der Waals surface area contributed by atoms with Crippen molar-refractivity contribution in [1.82, 2.24) is 19.5 Å². The average Bonchev–Trinajstić information content (AvgIpc) is 3.35. The second kappa shape index (κ2) is 9.84. The highest BCUT2D eigenvalue weighted by molar-refractivity contribution is 7.84. The lowest BCUT2D eigenvalue weighted by Gasteiger charge is -2.45. The summed E-state index contributed by atoms with van der Waals surface area (Å²) in [7, 11) is -5.06. The molecule has 2 aliphatic rings. The summed E-state index contributed by atoms with van der Waals surface area (Å²) in [5, 5.41) is 25.5. The number of nitrogens with one attached hydrogen (secondary N) is 1. The summed E-state index contributed by atoms with van der Waals surface area (Å²) in [5.41, 5.74) is 3.03. The van der Waals surface area contributed by atoms with Crippen LogP contribution in [0, 0.1) is 0 Å². The number of oxime groups is 1. The summed E-state index contributed by atoms with van der Waals surface area (Å²) in [5.74, 6) is -3.73. The first-order valence-electron chi connectivity index (χ1n) is 10.0. The van der Waals surface area contributed by atoms with Crippen molar-refractivity contribution in [3.8, 4) is 0 Å². The highest BCUT2D eigenvalue weighted by Gasteiger charge is 2.55. The SMILES string of the molecule is CC(C)(ON=C(C(=O)NC1C(=O)N(S(=O)(=O)O)C1CN1CC(CO)OC1=O)c1csc(N)n1)C(=O)O. The van der Waals surface area contributed by atoms with E-state index in [0.717, 1.165) is 30.1 Å².